The Kier molecular flexibility index (Phi) is 5.00. The number of nitro groups is 1. The van der Waals surface area contributed by atoms with Crippen molar-refractivity contribution in [2.45, 2.75) is 46.1 Å². The zero-order valence-electron chi connectivity index (χ0n) is 13.2. The highest BCUT2D eigenvalue weighted by Gasteiger charge is 2.36. The van der Waals surface area contributed by atoms with Gasteiger partial charge in [0.15, 0.2) is 6.10 Å². The minimum atomic E-state index is -0.532. The van der Waals surface area contributed by atoms with Gasteiger partial charge >= 0.3 is 0 Å². The van der Waals surface area contributed by atoms with Crippen LogP contribution >= 0.6 is 0 Å². The molecule has 1 atom stereocenters. The van der Waals surface area contributed by atoms with Gasteiger partial charge in [0, 0.05) is 18.7 Å². The molecule has 1 aromatic carbocycles. The molecule has 1 unspecified atom stereocenters. The average Bonchev–Trinajstić information content (AvgIpc) is 2.48. The second-order valence-corrected chi connectivity index (χ2v) is 5.89. The summed E-state index contributed by atoms with van der Waals surface area (Å²) in [6, 6.07) is 4.42. The average molecular weight is 306 g/mol. The Morgan fingerprint density at radius 1 is 1.36 bits per heavy atom. The molecule has 1 heterocycles. The lowest BCUT2D eigenvalue weighted by Gasteiger charge is -2.35. The molecular weight excluding hydrogens is 284 g/mol. The number of amides is 1. The Hall–Kier alpha value is -2.11. The van der Waals surface area contributed by atoms with E-state index in [1.807, 2.05) is 13.8 Å². The van der Waals surface area contributed by atoms with Crippen molar-refractivity contribution in [1.29, 1.82) is 0 Å². The van der Waals surface area contributed by atoms with Gasteiger partial charge in [0.2, 0.25) is 0 Å². The summed E-state index contributed by atoms with van der Waals surface area (Å²) in [7, 11) is 0. The molecule has 0 fully saturated rings. The first-order valence-electron chi connectivity index (χ1n) is 7.72. The number of benzene rings is 1. The number of non-ortho nitro benzene ring substituents is 1. The molecule has 0 saturated heterocycles. The van der Waals surface area contributed by atoms with Crippen molar-refractivity contribution in [2.75, 3.05) is 11.4 Å². The molecule has 0 saturated carbocycles. The summed E-state index contributed by atoms with van der Waals surface area (Å²) in [5, 5.41) is 11.0. The molecule has 1 aromatic rings. The Labute approximate surface area is 130 Å². The molecule has 2 rings (SSSR count). The molecule has 0 radical (unpaired) electrons. The summed E-state index contributed by atoms with van der Waals surface area (Å²) in [6.07, 6.45) is 2.40. The zero-order chi connectivity index (χ0) is 16.3. The molecule has 6 nitrogen and oxygen atoms in total. The lowest BCUT2D eigenvalue weighted by Crippen LogP contribution is -2.48. The monoisotopic (exact) mass is 306 g/mol. The fourth-order valence-electron chi connectivity index (χ4n) is 2.56. The molecule has 0 aliphatic carbocycles. The number of carbonyl (C=O) groups excluding carboxylic acids is 1. The van der Waals surface area contributed by atoms with Crippen LogP contribution in [0.1, 0.15) is 40.0 Å². The second-order valence-electron chi connectivity index (χ2n) is 5.89. The van der Waals surface area contributed by atoms with Crippen molar-refractivity contribution in [2.24, 2.45) is 5.92 Å². The number of nitrogens with zero attached hydrogens (tertiary/aromatic N) is 2. The molecule has 1 aliphatic rings. The predicted octanol–water partition coefficient (Wildman–Crippen LogP) is 3.54. The smallest absolute Gasteiger partial charge is 0.271 e. The van der Waals surface area contributed by atoms with Crippen molar-refractivity contribution < 1.29 is 14.5 Å². The van der Waals surface area contributed by atoms with Crippen molar-refractivity contribution in [3.8, 4) is 5.75 Å². The number of unbranched alkanes of at least 4 members (excludes halogenated alkanes) is 2. The zero-order valence-corrected chi connectivity index (χ0v) is 13.2. The number of ether oxygens (including phenoxy) is 1. The molecule has 120 valence electrons. The summed E-state index contributed by atoms with van der Waals surface area (Å²) in [5.41, 5.74) is 0.478. The van der Waals surface area contributed by atoms with E-state index in [1.54, 1.807) is 11.0 Å². The normalized spacial score (nSPS) is 17.4. The van der Waals surface area contributed by atoms with E-state index in [-0.39, 0.29) is 17.5 Å². The van der Waals surface area contributed by atoms with Crippen LogP contribution in [0.15, 0.2) is 18.2 Å². The molecular formula is C16H22N2O4. The maximum absolute atomic E-state index is 12.6. The van der Waals surface area contributed by atoms with E-state index in [4.69, 9.17) is 4.74 Å². The van der Waals surface area contributed by atoms with Crippen LogP contribution in [0.4, 0.5) is 11.4 Å². The van der Waals surface area contributed by atoms with Crippen LogP contribution in [-0.2, 0) is 4.79 Å². The van der Waals surface area contributed by atoms with Gasteiger partial charge in [-0.3, -0.25) is 14.9 Å². The van der Waals surface area contributed by atoms with Crippen LogP contribution in [0.5, 0.6) is 5.75 Å². The van der Waals surface area contributed by atoms with Gasteiger partial charge < -0.3 is 9.64 Å². The molecule has 0 bridgehead atoms. The van der Waals surface area contributed by atoms with Crippen LogP contribution < -0.4 is 9.64 Å². The Morgan fingerprint density at radius 2 is 2.09 bits per heavy atom. The number of nitro benzene ring substituents is 1. The van der Waals surface area contributed by atoms with E-state index in [2.05, 4.69) is 6.92 Å². The molecule has 1 amide bonds. The third kappa shape index (κ3) is 3.21. The highest BCUT2D eigenvalue weighted by atomic mass is 16.6. The molecule has 0 N–H and O–H groups in total. The highest BCUT2D eigenvalue weighted by molar-refractivity contribution is 6.00. The topological polar surface area (TPSA) is 72.7 Å². The van der Waals surface area contributed by atoms with Gasteiger partial charge in [0.1, 0.15) is 5.75 Å². The number of fused-ring (bicyclic) bond motifs is 1. The summed E-state index contributed by atoms with van der Waals surface area (Å²) in [5.74, 6) is 0.476. The fraction of sp³-hybridized carbons (Fsp3) is 0.562. The summed E-state index contributed by atoms with van der Waals surface area (Å²) < 4.78 is 5.76. The third-order valence-corrected chi connectivity index (χ3v) is 3.80. The van der Waals surface area contributed by atoms with Gasteiger partial charge in [-0.1, -0.05) is 33.6 Å². The van der Waals surface area contributed by atoms with Gasteiger partial charge in [-0.15, -0.1) is 0 Å². The first kappa shape index (κ1) is 16.3. The number of hydrogen-bond donors (Lipinski definition) is 0. The van der Waals surface area contributed by atoms with Gasteiger partial charge in [-0.05, 0) is 18.4 Å². The quantitative estimate of drug-likeness (QED) is 0.458. The number of hydrogen-bond acceptors (Lipinski definition) is 4. The minimum absolute atomic E-state index is 0.0290. The first-order valence-corrected chi connectivity index (χ1v) is 7.72. The molecule has 0 spiro atoms. The van der Waals surface area contributed by atoms with Crippen molar-refractivity contribution in [1.82, 2.24) is 0 Å². The van der Waals surface area contributed by atoms with Crippen LogP contribution in [0.2, 0.25) is 0 Å². The SMILES string of the molecule is CCCCCN1C(=O)C(C(C)C)Oc2ccc([N+](=O)[O-])cc21. The Balaban J connectivity index is 2.38. The summed E-state index contributed by atoms with van der Waals surface area (Å²) in [6.45, 7) is 6.52. The van der Waals surface area contributed by atoms with E-state index < -0.39 is 11.0 Å². The summed E-state index contributed by atoms with van der Waals surface area (Å²) >= 11 is 0. The Morgan fingerprint density at radius 3 is 2.68 bits per heavy atom. The van der Waals surface area contributed by atoms with Gasteiger partial charge in [-0.25, -0.2) is 0 Å². The molecule has 1 aliphatic heterocycles. The highest BCUT2D eigenvalue weighted by Crippen LogP contribution is 2.38. The standard InChI is InChI=1S/C16H22N2O4/c1-4-5-6-9-17-13-10-12(18(20)21)7-8-14(13)22-15(11(2)3)16(17)19/h7-8,10-11,15H,4-6,9H2,1-3H3. The number of anilines is 1. The molecule has 0 aromatic heterocycles. The van der Waals surface area contributed by atoms with Gasteiger partial charge in [0.25, 0.3) is 11.6 Å². The first-order chi connectivity index (χ1) is 10.5. The van der Waals surface area contributed by atoms with Crippen molar-refractivity contribution >= 4 is 17.3 Å². The van der Waals surface area contributed by atoms with E-state index in [9.17, 15) is 14.9 Å². The molecule has 6 heteroatoms. The Bertz CT molecular complexity index is 571. The lowest BCUT2D eigenvalue weighted by atomic mass is 10.0. The maximum Gasteiger partial charge on any atom is 0.271 e. The molecule has 22 heavy (non-hydrogen) atoms. The van der Waals surface area contributed by atoms with Crippen molar-refractivity contribution in [3.63, 3.8) is 0 Å². The largest absolute Gasteiger partial charge is 0.478 e. The fourth-order valence-corrected chi connectivity index (χ4v) is 2.56. The van der Waals surface area contributed by atoms with Crippen LogP contribution in [0.3, 0.4) is 0 Å². The van der Waals surface area contributed by atoms with E-state index in [1.165, 1.54) is 12.1 Å². The van der Waals surface area contributed by atoms with Crippen LogP contribution in [0, 0.1) is 16.0 Å². The van der Waals surface area contributed by atoms with Crippen LogP contribution in [0.25, 0.3) is 0 Å². The van der Waals surface area contributed by atoms with Crippen LogP contribution in [-0.4, -0.2) is 23.5 Å². The van der Waals surface area contributed by atoms with Crippen molar-refractivity contribution in [3.05, 3.63) is 28.3 Å². The van der Waals surface area contributed by atoms with Gasteiger partial charge in [0.05, 0.1) is 10.6 Å². The predicted molar refractivity (Wildman–Crippen MR) is 84.2 cm³/mol. The second kappa shape index (κ2) is 6.77. The lowest BCUT2D eigenvalue weighted by molar-refractivity contribution is -0.384. The summed E-state index contributed by atoms with van der Waals surface area (Å²) in [4.78, 5) is 24.8. The van der Waals surface area contributed by atoms with Gasteiger partial charge in [-0.2, -0.15) is 0 Å². The van der Waals surface area contributed by atoms with E-state index in [0.29, 0.717) is 18.0 Å². The number of rotatable bonds is 6. The van der Waals surface area contributed by atoms with E-state index in [0.717, 1.165) is 19.3 Å². The minimum Gasteiger partial charge on any atom is -0.478 e. The van der Waals surface area contributed by atoms with E-state index >= 15 is 0 Å². The maximum atomic E-state index is 12.6. The number of carbonyl (C=O) groups is 1. The third-order valence-electron chi connectivity index (χ3n) is 3.80.